The van der Waals surface area contributed by atoms with Crippen molar-refractivity contribution in [2.24, 2.45) is 5.92 Å². The van der Waals surface area contributed by atoms with Gasteiger partial charge in [-0.05, 0) is 12.0 Å². The average molecular weight is 229 g/mol. The van der Waals surface area contributed by atoms with Crippen LogP contribution in [-0.2, 0) is 6.54 Å². The smallest absolute Gasteiger partial charge is 0.336 e. The normalized spacial score (nSPS) is 12.7. The van der Waals surface area contributed by atoms with Gasteiger partial charge in [-0.15, -0.1) is 11.3 Å². The Hall–Kier alpha value is -0.910. The van der Waals surface area contributed by atoms with Gasteiger partial charge in [-0.3, -0.25) is 0 Å². The number of hydrogen-bond donors (Lipinski definition) is 3. The maximum atomic E-state index is 10.6. The van der Waals surface area contributed by atoms with Crippen LogP contribution in [0.5, 0.6) is 0 Å². The largest absolute Gasteiger partial charge is 0.478 e. The molecule has 5 heteroatoms. The van der Waals surface area contributed by atoms with Crippen molar-refractivity contribution in [3.8, 4) is 0 Å². The monoisotopic (exact) mass is 229 g/mol. The second-order valence-electron chi connectivity index (χ2n) is 3.53. The van der Waals surface area contributed by atoms with Crippen molar-refractivity contribution in [1.29, 1.82) is 0 Å². The molecule has 0 aliphatic rings. The van der Waals surface area contributed by atoms with Crippen molar-refractivity contribution in [2.45, 2.75) is 13.5 Å². The molecule has 0 amide bonds. The fourth-order valence-electron chi connectivity index (χ4n) is 1.09. The number of carbonyl (C=O) groups is 1. The number of thiophene rings is 1. The van der Waals surface area contributed by atoms with Gasteiger partial charge < -0.3 is 15.5 Å². The van der Waals surface area contributed by atoms with E-state index in [1.807, 2.05) is 6.92 Å². The van der Waals surface area contributed by atoms with Gasteiger partial charge in [0.25, 0.3) is 0 Å². The summed E-state index contributed by atoms with van der Waals surface area (Å²) >= 11 is 1.43. The van der Waals surface area contributed by atoms with Gasteiger partial charge in [-0.1, -0.05) is 6.92 Å². The van der Waals surface area contributed by atoms with Crippen LogP contribution in [0.1, 0.15) is 22.2 Å². The molecule has 3 N–H and O–H groups in total. The minimum absolute atomic E-state index is 0.165. The third-order valence-corrected chi connectivity index (χ3v) is 2.94. The van der Waals surface area contributed by atoms with E-state index in [4.69, 9.17) is 10.2 Å². The van der Waals surface area contributed by atoms with Crippen LogP contribution in [0.4, 0.5) is 0 Å². The van der Waals surface area contributed by atoms with Crippen LogP contribution in [0.15, 0.2) is 11.4 Å². The molecule has 0 aromatic carbocycles. The minimum atomic E-state index is -0.888. The summed E-state index contributed by atoms with van der Waals surface area (Å²) in [5.41, 5.74) is 0.340. The standard InChI is InChI=1S/C10H15NO3S/c1-7(5-12)3-11-4-9-2-8(6-15-9)10(13)14/h2,6-7,11-12H,3-5H2,1H3,(H,13,14). The molecule has 1 rings (SSSR count). The first-order valence-electron chi connectivity index (χ1n) is 4.75. The first-order chi connectivity index (χ1) is 7.13. The molecule has 15 heavy (non-hydrogen) atoms. The molecule has 1 heterocycles. The van der Waals surface area contributed by atoms with Crippen molar-refractivity contribution in [3.05, 3.63) is 21.9 Å². The molecule has 1 aromatic rings. The van der Waals surface area contributed by atoms with E-state index in [1.54, 1.807) is 11.4 Å². The van der Waals surface area contributed by atoms with Gasteiger partial charge in [0.15, 0.2) is 0 Å². The number of aliphatic hydroxyl groups excluding tert-OH is 1. The molecule has 0 radical (unpaired) electrons. The third-order valence-electron chi connectivity index (χ3n) is 2.00. The number of carboxylic acids is 1. The Morgan fingerprint density at radius 2 is 2.40 bits per heavy atom. The summed E-state index contributed by atoms with van der Waals surface area (Å²) in [5.74, 6) is -0.662. The fourth-order valence-corrected chi connectivity index (χ4v) is 1.92. The molecule has 1 unspecified atom stereocenters. The summed E-state index contributed by atoms with van der Waals surface area (Å²) in [6, 6.07) is 1.67. The van der Waals surface area contributed by atoms with Gasteiger partial charge >= 0.3 is 5.97 Å². The highest BCUT2D eigenvalue weighted by atomic mass is 32.1. The Kier molecular flexibility index (Phi) is 4.74. The van der Waals surface area contributed by atoms with Gasteiger partial charge in [0.05, 0.1) is 5.56 Å². The Bertz CT molecular complexity index is 324. The van der Waals surface area contributed by atoms with Crippen LogP contribution in [0, 0.1) is 5.92 Å². The maximum Gasteiger partial charge on any atom is 0.336 e. The highest BCUT2D eigenvalue weighted by Crippen LogP contribution is 2.14. The molecule has 1 aromatic heterocycles. The summed E-state index contributed by atoms with van der Waals surface area (Å²) in [5, 5.41) is 22.3. The van der Waals surface area contributed by atoms with E-state index in [9.17, 15) is 4.79 Å². The zero-order valence-corrected chi connectivity index (χ0v) is 9.38. The average Bonchev–Trinajstić information content (AvgIpc) is 2.66. The maximum absolute atomic E-state index is 10.6. The second-order valence-corrected chi connectivity index (χ2v) is 4.52. The molecule has 1 atom stereocenters. The lowest BCUT2D eigenvalue weighted by Gasteiger charge is -2.07. The highest BCUT2D eigenvalue weighted by molar-refractivity contribution is 7.10. The first-order valence-corrected chi connectivity index (χ1v) is 5.63. The lowest BCUT2D eigenvalue weighted by molar-refractivity contribution is 0.0697. The summed E-state index contributed by atoms with van der Waals surface area (Å²) in [4.78, 5) is 11.6. The zero-order chi connectivity index (χ0) is 11.3. The van der Waals surface area contributed by atoms with Gasteiger partial charge in [0.1, 0.15) is 0 Å². The van der Waals surface area contributed by atoms with Crippen LogP contribution in [0.3, 0.4) is 0 Å². The molecule has 0 bridgehead atoms. The molecule has 0 aliphatic carbocycles. The van der Waals surface area contributed by atoms with Gasteiger partial charge in [0.2, 0.25) is 0 Å². The van der Waals surface area contributed by atoms with E-state index < -0.39 is 5.97 Å². The second kappa shape index (κ2) is 5.85. The van der Waals surface area contributed by atoms with Gasteiger partial charge in [-0.2, -0.15) is 0 Å². The Morgan fingerprint density at radius 1 is 1.67 bits per heavy atom. The van der Waals surface area contributed by atoms with Crippen LogP contribution in [-0.4, -0.2) is 29.3 Å². The van der Waals surface area contributed by atoms with Crippen LogP contribution >= 0.6 is 11.3 Å². The number of aromatic carboxylic acids is 1. The van der Waals surface area contributed by atoms with Crippen molar-refractivity contribution < 1.29 is 15.0 Å². The molecular formula is C10H15NO3S. The topological polar surface area (TPSA) is 69.6 Å². The predicted octanol–water partition coefficient (Wildman–Crippen LogP) is 1.16. The number of nitrogens with one attached hydrogen (secondary N) is 1. The summed E-state index contributed by atoms with van der Waals surface area (Å²) in [7, 11) is 0. The lowest BCUT2D eigenvalue weighted by atomic mass is 10.2. The van der Waals surface area contributed by atoms with Crippen molar-refractivity contribution in [2.75, 3.05) is 13.2 Å². The zero-order valence-electron chi connectivity index (χ0n) is 8.56. The van der Waals surface area contributed by atoms with Gasteiger partial charge in [0, 0.05) is 30.0 Å². The van der Waals surface area contributed by atoms with E-state index >= 15 is 0 Å². The quantitative estimate of drug-likeness (QED) is 0.684. The number of hydrogen-bond acceptors (Lipinski definition) is 4. The lowest BCUT2D eigenvalue weighted by Crippen LogP contribution is -2.22. The van der Waals surface area contributed by atoms with E-state index in [2.05, 4.69) is 5.32 Å². The molecule has 0 spiro atoms. The van der Waals surface area contributed by atoms with E-state index in [0.29, 0.717) is 12.1 Å². The summed E-state index contributed by atoms with van der Waals surface area (Å²) < 4.78 is 0. The molecule has 0 aliphatic heterocycles. The first kappa shape index (κ1) is 12.2. The Balaban J connectivity index is 2.35. The molecular weight excluding hydrogens is 214 g/mol. The highest BCUT2D eigenvalue weighted by Gasteiger charge is 2.06. The molecule has 84 valence electrons. The van der Waals surface area contributed by atoms with Gasteiger partial charge in [-0.25, -0.2) is 4.79 Å². The summed E-state index contributed by atoms with van der Waals surface area (Å²) in [6.45, 7) is 3.50. The van der Waals surface area contributed by atoms with Crippen LogP contribution in [0.25, 0.3) is 0 Å². The van der Waals surface area contributed by atoms with Crippen LogP contribution in [0.2, 0.25) is 0 Å². The van der Waals surface area contributed by atoms with E-state index in [1.165, 1.54) is 11.3 Å². The van der Waals surface area contributed by atoms with Crippen LogP contribution < -0.4 is 5.32 Å². The fraction of sp³-hybridized carbons (Fsp3) is 0.500. The predicted molar refractivity (Wildman–Crippen MR) is 59.2 cm³/mol. The van der Waals surface area contributed by atoms with E-state index in [-0.39, 0.29) is 12.5 Å². The number of aliphatic hydroxyl groups is 1. The SMILES string of the molecule is CC(CO)CNCc1cc(C(=O)O)cs1. The Labute approximate surface area is 92.6 Å². The molecule has 4 nitrogen and oxygen atoms in total. The van der Waals surface area contributed by atoms with Crippen molar-refractivity contribution in [1.82, 2.24) is 5.32 Å². The summed E-state index contributed by atoms with van der Waals surface area (Å²) in [6.07, 6.45) is 0. The minimum Gasteiger partial charge on any atom is -0.478 e. The number of rotatable bonds is 6. The number of carboxylic acid groups (broad SMARTS) is 1. The third kappa shape index (κ3) is 3.99. The van der Waals surface area contributed by atoms with E-state index in [0.717, 1.165) is 11.4 Å². The molecule has 0 fully saturated rings. The van der Waals surface area contributed by atoms with Crippen molar-refractivity contribution >= 4 is 17.3 Å². The molecule has 0 saturated carbocycles. The Morgan fingerprint density at radius 3 is 2.93 bits per heavy atom. The molecule has 0 saturated heterocycles. The van der Waals surface area contributed by atoms with Crippen molar-refractivity contribution in [3.63, 3.8) is 0 Å².